The van der Waals surface area contributed by atoms with Crippen LogP contribution < -0.4 is 10.1 Å². The SMILES string of the molecule is Cc1noc(C)c1COc1ccc(Cl)cc1C(=O)Nc1ccccc1. The molecule has 3 aromatic rings. The van der Waals surface area contributed by atoms with E-state index in [0.717, 1.165) is 11.3 Å². The van der Waals surface area contributed by atoms with Crippen LogP contribution in [-0.2, 0) is 6.61 Å². The van der Waals surface area contributed by atoms with Crippen molar-refractivity contribution in [3.05, 3.63) is 76.1 Å². The molecule has 1 N–H and O–H groups in total. The van der Waals surface area contributed by atoms with Gasteiger partial charge in [-0.2, -0.15) is 0 Å². The lowest BCUT2D eigenvalue weighted by atomic mass is 10.1. The summed E-state index contributed by atoms with van der Waals surface area (Å²) in [5.74, 6) is 0.849. The topological polar surface area (TPSA) is 64.4 Å². The molecular formula is C19H17ClN2O3. The molecule has 0 unspecified atom stereocenters. The predicted molar refractivity (Wildman–Crippen MR) is 96.2 cm³/mol. The summed E-state index contributed by atoms with van der Waals surface area (Å²) in [7, 11) is 0. The van der Waals surface area contributed by atoms with Gasteiger partial charge in [0.05, 0.1) is 16.8 Å². The molecule has 128 valence electrons. The van der Waals surface area contributed by atoms with Crippen molar-refractivity contribution in [3.8, 4) is 5.75 Å². The summed E-state index contributed by atoms with van der Waals surface area (Å²) in [6.45, 7) is 3.93. The lowest BCUT2D eigenvalue weighted by molar-refractivity contribution is 0.102. The van der Waals surface area contributed by atoms with Crippen LogP contribution in [0.3, 0.4) is 0 Å². The lowest BCUT2D eigenvalue weighted by Crippen LogP contribution is -2.14. The summed E-state index contributed by atoms with van der Waals surface area (Å²) >= 11 is 6.05. The summed E-state index contributed by atoms with van der Waals surface area (Å²) in [6.07, 6.45) is 0. The lowest BCUT2D eigenvalue weighted by Gasteiger charge is -2.12. The number of ether oxygens (including phenoxy) is 1. The van der Waals surface area contributed by atoms with Gasteiger partial charge in [-0.05, 0) is 44.2 Å². The molecule has 1 heterocycles. The number of rotatable bonds is 5. The van der Waals surface area contributed by atoms with E-state index in [1.54, 1.807) is 18.2 Å². The number of hydrogen-bond acceptors (Lipinski definition) is 4. The Labute approximate surface area is 150 Å². The van der Waals surface area contributed by atoms with Crippen molar-refractivity contribution in [3.63, 3.8) is 0 Å². The Kier molecular flexibility index (Phi) is 5.05. The summed E-state index contributed by atoms with van der Waals surface area (Å²) in [4.78, 5) is 12.6. The highest BCUT2D eigenvalue weighted by Gasteiger charge is 2.16. The highest BCUT2D eigenvalue weighted by molar-refractivity contribution is 6.31. The van der Waals surface area contributed by atoms with Crippen LogP contribution in [-0.4, -0.2) is 11.1 Å². The molecule has 3 rings (SSSR count). The molecule has 0 atom stereocenters. The Balaban J connectivity index is 1.81. The van der Waals surface area contributed by atoms with Crippen molar-refractivity contribution < 1.29 is 14.1 Å². The Morgan fingerprint density at radius 3 is 2.64 bits per heavy atom. The minimum atomic E-state index is -0.289. The smallest absolute Gasteiger partial charge is 0.259 e. The maximum absolute atomic E-state index is 12.6. The third-order valence-corrected chi connectivity index (χ3v) is 4.01. The van der Waals surface area contributed by atoms with Crippen molar-refractivity contribution >= 4 is 23.2 Å². The van der Waals surface area contributed by atoms with E-state index in [4.69, 9.17) is 20.9 Å². The predicted octanol–water partition coefficient (Wildman–Crippen LogP) is 4.78. The molecule has 6 heteroatoms. The molecule has 0 radical (unpaired) electrons. The summed E-state index contributed by atoms with van der Waals surface area (Å²) in [5.41, 5.74) is 2.69. The van der Waals surface area contributed by atoms with E-state index in [2.05, 4.69) is 10.5 Å². The van der Waals surface area contributed by atoms with Crippen molar-refractivity contribution in [1.82, 2.24) is 5.16 Å². The monoisotopic (exact) mass is 356 g/mol. The van der Waals surface area contributed by atoms with Crippen LogP contribution in [0.15, 0.2) is 53.1 Å². The van der Waals surface area contributed by atoms with Crippen LogP contribution in [0, 0.1) is 13.8 Å². The molecule has 5 nitrogen and oxygen atoms in total. The van der Waals surface area contributed by atoms with Gasteiger partial charge in [0.25, 0.3) is 5.91 Å². The summed E-state index contributed by atoms with van der Waals surface area (Å²) in [6, 6.07) is 14.2. The van der Waals surface area contributed by atoms with E-state index < -0.39 is 0 Å². The van der Waals surface area contributed by atoms with E-state index in [1.807, 2.05) is 44.2 Å². The Hall–Kier alpha value is -2.79. The molecule has 2 aromatic carbocycles. The number of amides is 1. The molecule has 0 aliphatic heterocycles. The fourth-order valence-electron chi connectivity index (χ4n) is 2.38. The number of anilines is 1. The molecule has 0 saturated heterocycles. The van der Waals surface area contributed by atoms with Gasteiger partial charge in [0.2, 0.25) is 0 Å². The number of benzene rings is 2. The number of para-hydroxylation sites is 1. The second kappa shape index (κ2) is 7.40. The van der Waals surface area contributed by atoms with Crippen LogP contribution >= 0.6 is 11.6 Å². The second-order valence-corrected chi connectivity index (χ2v) is 5.99. The second-order valence-electron chi connectivity index (χ2n) is 5.55. The highest BCUT2D eigenvalue weighted by atomic mass is 35.5. The minimum absolute atomic E-state index is 0.258. The summed E-state index contributed by atoms with van der Waals surface area (Å²) < 4.78 is 11.0. The Bertz CT molecular complexity index is 871. The molecule has 0 fully saturated rings. The number of hydrogen-bond donors (Lipinski definition) is 1. The molecule has 0 spiro atoms. The number of halogens is 1. The zero-order chi connectivity index (χ0) is 17.8. The highest BCUT2D eigenvalue weighted by Crippen LogP contribution is 2.26. The number of nitrogens with zero attached hydrogens (tertiary/aromatic N) is 1. The first-order valence-corrected chi connectivity index (χ1v) is 8.13. The fraction of sp³-hybridized carbons (Fsp3) is 0.158. The van der Waals surface area contributed by atoms with Gasteiger partial charge in [0.1, 0.15) is 18.1 Å². The third kappa shape index (κ3) is 4.00. The van der Waals surface area contributed by atoms with Gasteiger partial charge in [0, 0.05) is 10.7 Å². The Morgan fingerprint density at radius 2 is 1.96 bits per heavy atom. The van der Waals surface area contributed by atoms with Crippen LogP contribution in [0.1, 0.15) is 27.4 Å². The minimum Gasteiger partial charge on any atom is -0.488 e. The van der Waals surface area contributed by atoms with Crippen LogP contribution in [0.25, 0.3) is 0 Å². The van der Waals surface area contributed by atoms with Crippen LogP contribution in [0.4, 0.5) is 5.69 Å². The third-order valence-electron chi connectivity index (χ3n) is 3.77. The number of nitrogens with one attached hydrogen (secondary N) is 1. The number of carbonyl (C=O) groups is 1. The standard InChI is InChI=1S/C19H17ClN2O3/c1-12-17(13(2)25-22-12)11-24-18-9-8-14(20)10-16(18)19(23)21-15-6-4-3-5-7-15/h3-10H,11H2,1-2H3,(H,21,23). The van der Waals surface area contributed by atoms with Gasteiger partial charge >= 0.3 is 0 Å². The molecule has 1 aromatic heterocycles. The van der Waals surface area contributed by atoms with E-state index in [-0.39, 0.29) is 12.5 Å². The molecule has 0 bridgehead atoms. The van der Waals surface area contributed by atoms with Gasteiger partial charge in [-0.1, -0.05) is 35.0 Å². The van der Waals surface area contributed by atoms with Crippen molar-refractivity contribution in [2.45, 2.75) is 20.5 Å². The first kappa shape index (κ1) is 17.0. The van der Waals surface area contributed by atoms with Gasteiger partial charge in [0.15, 0.2) is 0 Å². The summed E-state index contributed by atoms with van der Waals surface area (Å²) in [5, 5.41) is 7.19. The van der Waals surface area contributed by atoms with Gasteiger partial charge < -0.3 is 14.6 Å². The fourth-order valence-corrected chi connectivity index (χ4v) is 2.56. The molecule has 0 saturated carbocycles. The largest absolute Gasteiger partial charge is 0.488 e. The first-order chi connectivity index (χ1) is 12.0. The van der Waals surface area contributed by atoms with Gasteiger partial charge in [-0.3, -0.25) is 4.79 Å². The average Bonchev–Trinajstić information content (AvgIpc) is 2.93. The van der Waals surface area contributed by atoms with Crippen LogP contribution in [0.5, 0.6) is 5.75 Å². The van der Waals surface area contributed by atoms with E-state index >= 15 is 0 Å². The van der Waals surface area contributed by atoms with Crippen LogP contribution in [0.2, 0.25) is 5.02 Å². The maximum atomic E-state index is 12.6. The van der Waals surface area contributed by atoms with Crippen molar-refractivity contribution in [2.75, 3.05) is 5.32 Å². The quantitative estimate of drug-likeness (QED) is 0.714. The van der Waals surface area contributed by atoms with E-state index in [1.165, 1.54) is 0 Å². The zero-order valence-corrected chi connectivity index (χ0v) is 14.6. The van der Waals surface area contributed by atoms with E-state index in [9.17, 15) is 4.79 Å². The molecule has 0 aliphatic rings. The van der Waals surface area contributed by atoms with Gasteiger partial charge in [-0.15, -0.1) is 0 Å². The van der Waals surface area contributed by atoms with Crippen molar-refractivity contribution in [2.24, 2.45) is 0 Å². The zero-order valence-electron chi connectivity index (χ0n) is 13.9. The number of aryl methyl sites for hydroxylation is 2. The molecular weight excluding hydrogens is 340 g/mol. The number of aromatic nitrogens is 1. The van der Waals surface area contributed by atoms with Gasteiger partial charge in [-0.25, -0.2) is 0 Å². The van der Waals surface area contributed by atoms with E-state index in [0.29, 0.717) is 27.8 Å². The maximum Gasteiger partial charge on any atom is 0.259 e. The molecule has 25 heavy (non-hydrogen) atoms. The number of carbonyl (C=O) groups excluding carboxylic acids is 1. The average molecular weight is 357 g/mol. The first-order valence-electron chi connectivity index (χ1n) is 7.75. The molecule has 0 aliphatic carbocycles. The normalized spacial score (nSPS) is 10.5. The molecule has 1 amide bonds. The Morgan fingerprint density at radius 1 is 1.20 bits per heavy atom. The van der Waals surface area contributed by atoms with Crippen molar-refractivity contribution in [1.29, 1.82) is 0 Å².